The van der Waals surface area contributed by atoms with Crippen LogP contribution in [0.5, 0.6) is 0 Å². The highest BCUT2D eigenvalue weighted by atomic mass is 14.0. The highest BCUT2D eigenvalue weighted by Crippen LogP contribution is 2.17. The van der Waals surface area contributed by atoms with E-state index >= 15 is 0 Å². The first-order valence-corrected chi connectivity index (χ1v) is 4.26. The second kappa shape index (κ2) is 4.32. The molecule has 0 N–H and O–H groups in total. The Labute approximate surface area is 63.6 Å². The molecule has 0 atom stereocenters. The molecule has 0 radical (unpaired) electrons. The smallest absolute Gasteiger partial charge is 0.0139 e. The molecule has 0 aliphatic heterocycles. The third-order valence-corrected chi connectivity index (χ3v) is 1.90. The lowest BCUT2D eigenvalue weighted by molar-refractivity contribution is 0.865. The molecule has 10 heavy (non-hydrogen) atoms. The lowest BCUT2D eigenvalue weighted by atomic mass is 10.00. The van der Waals surface area contributed by atoms with Gasteiger partial charge in [-0.3, -0.25) is 0 Å². The third-order valence-electron chi connectivity index (χ3n) is 1.90. The Morgan fingerprint density at radius 1 is 1.50 bits per heavy atom. The highest BCUT2D eigenvalue weighted by Gasteiger charge is 1.97. The molecule has 0 fully saturated rings. The van der Waals surface area contributed by atoms with Crippen LogP contribution in [0.25, 0.3) is 0 Å². The fourth-order valence-corrected chi connectivity index (χ4v) is 1.26. The molecule has 0 saturated carbocycles. The van der Waals surface area contributed by atoms with E-state index in [2.05, 4.69) is 25.2 Å². The summed E-state index contributed by atoms with van der Waals surface area (Å²) >= 11 is 0. The van der Waals surface area contributed by atoms with Crippen LogP contribution >= 0.6 is 0 Å². The molecule has 0 amide bonds. The topological polar surface area (TPSA) is 0 Å². The molecule has 0 unspecified atom stereocenters. The maximum atomic E-state index is 2.41. The Morgan fingerprint density at radius 2 is 2.40 bits per heavy atom. The van der Waals surface area contributed by atoms with Crippen molar-refractivity contribution in [2.75, 3.05) is 0 Å². The van der Waals surface area contributed by atoms with E-state index in [1.807, 2.05) is 0 Å². The molecule has 0 saturated heterocycles. The van der Waals surface area contributed by atoms with E-state index in [-0.39, 0.29) is 0 Å². The Hall–Kier alpha value is -0.520. The van der Waals surface area contributed by atoms with Crippen molar-refractivity contribution in [3.63, 3.8) is 0 Å². The number of allylic oxidation sites excluding steroid dienone is 4. The van der Waals surface area contributed by atoms with Gasteiger partial charge in [0.2, 0.25) is 0 Å². The lowest BCUT2D eigenvalue weighted by Gasteiger charge is -2.06. The molecule has 1 aliphatic rings. The first-order valence-electron chi connectivity index (χ1n) is 4.26. The number of hydrogen-bond acceptors (Lipinski definition) is 0. The molecular weight excluding hydrogens is 120 g/mol. The standard InChI is InChI=1S/C10H16/c1-2-3-7-10-8-5-4-6-9-10/h4-5,7H,2-3,6,8-9H2,1H3. The van der Waals surface area contributed by atoms with E-state index in [9.17, 15) is 0 Å². The highest BCUT2D eigenvalue weighted by molar-refractivity contribution is 5.12. The van der Waals surface area contributed by atoms with Crippen molar-refractivity contribution in [2.45, 2.75) is 39.0 Å². The summed E-state index contributed by atoms with van der Waals surface area (Å²) < 4.78 is 0. The minimum atomic E-state index is 1.21. The Morgan fingerprint density at radius 3 is 3.00 bits per heavy atom. The summed E-state index contributed by atoms with van der Waals surface area (Å²) in [5, 5.41) is 0. The van der Waals surface area contributed by atoms with Crippen LogP contribution in [-0.4, -0.2) is 0 Å². The molecule has 56 valence electrons. The fourth-order valence-electron chi connectivity index (χ4n) is 1.26. The molecule has 1 aliphatic carbocycles. The van der Waals surface area contributed by atoms with Gasteiger partial charge in [-0.2, -0.15) is 0 Å². The quantitative estimate of drug-likeness (QED) is 0.510. The molecule has 0 aromatic rings. The van der Waals surface area contributed by atoms with Crippen molar-refractivity contribution in [1.82, 2.24) is 0 Å². The monoisotopic (exact) mass is 136 g/mol. The van der Waals surface area contributed by atoms with Crippen LogP contribution in [0.1, 0.15) is 39.0 Å². The average molecular weight is 136 g/mol. The van der Waals surface area contributed by atoms with Gasteiger partial charge in [0.05, 0.1) is 0 Å². The van der Waals surface area contributed by atoms with Crippen molar-refractivity contribution >= 4 is 0 Å². The zero-order chi connectivity index (χ0) is 7.23. The van der Waals surface area contributed by atoms with Gasteiger partial charge >= 0.3 is 0 Å². The van der Waals surface area contributed by atoms with Gasteiger partial charge in [-0.1, -0.05) is 37.1 Å². The molecule has 0 bridgehead atoms. The van der Waals surface area contributed by atoms with Crippen LogP contribution in [0.15, 0.2) is 23.8 Å². The minimum Gasteiger partial charge on any atom is -0.0879 e. The van der Waals surface area contributed by atoms with Gasteiger partial charge in [-0.25, -0.2) is 0 Å². The molecule has 1 rings (SSSR count). The molecule has 0 heterocycles. The average Bonchev–Trinajstić information content (AvgIpc) is 2.03. The summed E-state index contributed by atoms with van der Waals surface area (Å²) in [5.74, 6) is 0. The Balaban J connectivity index is 2.33. The van der Waals surface area contributed by atoms with Gasteiger partial charge in [-0.15, -0.1) is 0 Å². The molecule has 0 nitrogen and oxygen atoms in total. The second-order valence-electron chi connectivity index (χ2n) is 2.87. The van der Waals surface area contributed by atoms with Crippen LogP contribution in [0.2, 0.25) is 0 Å². The molecule has 0 spiro atoms. The van der Waals surface area contributed by atoms with Crippen molar-refractivity contribution in [3.05, 3.63) is 23.8 Å². The first-order chi connectivity index (χ1) is 4.93. The largest absolute Gasteiger partial charge is 0.0879 e. The van der Waals surface area contributed by atoms with Gasteiger partial charge in [0.1, 0.15) is 0 Å². The zero-order valence-electron chi connectivity index (χ0n) is 6.77. The van der Waals surface area contributed by atoms with E-state index in [0.29, 0.717) is 0 Å². The number of rotatable bonds is 2. The first kappa shape index (κ1) is 7.59. The summed E-state index contributed by atoms with van der Waals surface area (Å²) in [6, 6.07) is 0. The van der Waals surface area contributed by atoms with Crippen LogP contribution in [0.3, 0.4) is 0 Å². The number of unbranched alkanes of at least 4 members (excludes halogenated alkanes) is 1. The van der Waals surface area contributed by atoms with Crippen molar-refractivity contribution in [1.29, 1.82) is 0 Å². The van der Waals surface area contributed by atoms with Gasteiger partial charge in [0.15, 0.2) is 0 Å². The Bertz CT molecular complexity index is 140. The van der Waals surface area contributed by atoms with Gasteiger partial charge in [0, 0.05) is 0 Å². The van der Waals surface area contributed by atoms with E-state index in [1.54, 1.807) is 5.57 Å². The third kappa shape index (κ3) is 2.38. The molecule has 0 aromatic heterocycles. The van der Waals surface area contributed by atoms with Crippen LogP contribution < -0.4 is 0 Å². The predicted molar refractivity (Wildman–Crippen MR) is 46.0 cm³/mol. The molecule has 0 heteroatoms. The molecule has 0 aromatic carbocycles. The normalized spacial score (nSPS) is 21.9. The summed E-state index contributed by atoms with van der Waals surface area (Å²) in [6.07, 6.45) is 13.3. The van der Waals surface area contributed by atoms with Crippen molar-refractivity contribution < 1.29 is 0 Å². The van der Waals surface area contributed by atoms with Crippen molar-refractivity contribution in [3.8, 4) is 0 Å². The van der Waals surface area contributed by atoms with Gasteiger partial charge in [0.25, 0.3) is 0 Å². The van der Waals surface area contributed by atoms with E-state index in [4.69, 9.17) is 0 Å². The van der Waals surface area contributed by atoms with E-state index in [0.717, 1.165) is 0 Å². The minimum absolute atomic E-state index is 1.21. The zero-order valence-corrected chi connectivity index (χ0v) is 6.77. The Kier molecular flexibility index (Phi) is 3.28. The SMILES string of the molecule is CCCC=C1CC=CCC1. The summed E-state index contributed by atoms with van der Waals surface area (Å²) in [6.45, 7) is 2.23. The van der Waals surface area contributed by atoms with E-state index < -0.39 is 0 Å². The lowest BCUT2D eigenvalue weighted by Crippen LogP contribution is -1.86. The van der Waals surface area contributed by atoms with Crippen molar-refractivity contribution in [2.24, 2.45) is 0 Å². The summed E-state index contributed by atoms with van der Waals surface area (Å²) in [5.41, 5.74) is 1.64. The number of hydrogen-bond donors (Lipinski definition) is 0. The fraction of sp³-hybridized carbons (Fsp3) is 0.600. The van der Waals surface area contributed by atoms with Gasteiger partial charge in [-0.05, 0) is 25.7 Å². The van der Waals surface area contributed by atoms with Crippen LogP contribution in [0, 0.1) is 0 Å². The second-order valence-corrected chi connectivity index (χ2v) is 2.87. The predicted octanol–water partition coefficient (Wildman–Crippen LogP) is 3.45. The van der Waals surface area contributed by atoms with Crippen LogP contribution in [-0.2, 0) is 0 Å². The molecular formula is C10H16. The summed E-state index contributed by atoms with van der Waals surface area (Å²) in [4.78, 5) is 0. The van der Waals surface area contributed by atoms with Crippen LogP contribution in [0.4, 0.5) is 0 Å². The van der Waals surface area contributed by atoms with E-state index in [1.165, 1.54) is 32.1 Å². The maximum absolute atomic E-state index is 2.41. The summed E-state index contributed by atoms with van der Waals surface area (Å²) in [7, 11) is 0. The maximum Gasteiger partial charge on any atom is -0.0139 e. The van der Waals surface area contributed by atoms with Gasteiger partial charge < -0.3 is 0 Å².